The molecule has 1 aliphatic carbocycles. The third kappa shape index (κ3) is 5.57. The monoisotopic (exact) mass is 298 g/mol. The van der Waals surface area contributed by atoms with E-state index in [-0.39, 0.29) is 5.97 Å². The number of rotatable bonds is 8. The summed E-state index contributed by atoms with van der Waals surface area (Å²) < 4.78 is 10.7. The quantitative estimate of drug-likeness (QED) is 0.689. The van der Waals surface area contributed by atoms with Gasteiger partial charge in [0.2, 0.25) is 0 Å². The van der Waals surface area contributed by atoms with Gasteiger partial charge in [0.05, 0.1) is 13.2 Å². The first-order valence-electron chi connectivity index (χ1n) is 8.39. The van der Waals surface area contributed by atoms with E-state index in [1.165, 1.54) is 12.8 Å². The van der Waals surface area contributed by atoms with E-state index in [0.29, 0.717) is 12.6 Å². The lowest BCUT2D eigenvalue weighted by Gasteiger charge is -2.30. The fourth-order valence-corrected chi connectivity index (χ4v) is 2.88. The van der Waals surface area contributed by atoms with Crippen LogP contribution in [0.2, 0.25) is 0 Å². The van der Waals surface area contributed by atoms with Crippen molar-refractivity contribution in [1.82, 2.24) is 10.2 Å². The van der Waals surface area contributed by atoms with Crippen LogP contribution in [0.4, 0.5) is 0 Å². The number of hydrogen-bond donors (Lipinski definition) is 1. The van der Waals surface area contributed by atoms with E-state index in [1.54, 1.807) is 0 Å². The molecule has 0 aromatic rings. The summed E-state index contributed by atoms with van der Waals surface area (Å²) in [6.07, 6.45) is 5.31. The maximum absolute atomic E-state index is 12.2. The van der Waals surface area contributed by atoms with Crippen molar-refractivity contribution in [2.75, 3.05) is 39.5 Å². The Morgan fingerprint density at radius 3 is 2.90 bits per heavy atom. The lowest BCUT2D eigenvalue weighted by atomic mass is 9.95. The number of hydrogen-bond acceptors (Lipinski definition) is 5. The van der Waals surface area contributed by atoms with Gasteiger partial charge in [-0.05, 0) is 52.5 Å². The number of ether oxygens (including phenoxy) is 2. The lowest BCUT2D eigenvalue weighted by Crippen LogP contribution is -2.51. The number of carbonyl (C=O) groups is 1. The van der Waals surface area contributed by atoms with Crippen molar-refractivity contribution in [3.8, 4) is 0 Å². The van der Waals surface area contributed by atoms with Crippen molar-refractivity contribution >= 4 is 5.97 Å². The molecule has 2 rings (SSSR count). The van der Waals surface area contributed by atoms with Gasteiger partial charge in [-0.1, -0.05) is 0 Å². The molecular weight excluding hydrogens is 268 g/mol. The molecule has 1 unspecified atom stereocenters. The molecule has 5 heteroatoms. The predicted octanol–water partition coefficient (Wildman–Crippen LogP) is 1.56. The molecule has 1 N–H and O–H groups in total. The molecule has 5 nitrogen and oxygen atoms in total. The fourth-order valence-electron chi connectivity index (χ4n) is 2.88. The largest absolute Gasteiger partial charge is 0.465 e. The second-order valence-corrected chi connectivity index (χ2v) is 6.38. The van der Waals surface area contributed by atoms with Gasteiger partial charge in [0.25, 0.3) is 0 Å². The normalized spacial score (nSPS) is 23.3. The summed E-state index contributed by atoms with van der Waals surface area (Å²) in [5.74, 6) is -0.101. The van der Waals surface area contributed by atoms with E-state index in [2.05, 4.69) is 10.2 Å². The Labute approximate surface area is 128 Å². The molecule has 0 aromatic carbocycles. The van der Waals surface area contributed by atoms with E-state index in [9.17, 15) is 4.79 Å². The van der Waals surface area contributed by atoms with Gasteiger partial charge in [-0.3, -0.25) is 10.1 Å². The maximum atomic E-state index is 12.2. The van der Waals surface area contributed by atoms with Gasteiger partial charge in [0.15, 0.2) is 0 Å². The van der Waals surface area contributed by atoms with Crippen LogP contribution in [-0.2, 0) is 14.3 Å². The number of carbonyl (C=O) groups excluding carboxylic acids is 1. The molecule has 0 aromatic heterocycles. The average Bonchev–Trinajstić information content (AvgIpc) is 3.26. The summed E-state index contributed by atoms with van der Waals surface area (Å²) in [5, 5.41) is 3.48. The van der Waals surface area contributed by atoms with Gasteiger partial charge in [-0.25, -0.2) is 0 Å². The Kier molecular flexibility index (Phi) is 6.45. The van der Waals surface area contributed by atoms with Crippen molar-refractivity contribution < 1.29 is 14.3 Å². The minimum Gasteiger partial charge on any atom is -0.465 e. The Bertz CT molecular complexity index is 325. The topological polar surface area (TPSA) is 50.8 Å². The standard InChI is InChI=1S/C16H30N2O3/c1-3-21-15(19)16(2,17-14-6-7-14)8-4-9-18-10-5-12-20-13-11-18/h14,17H,3-13H2,1-2H3. The van der Waals surface area contributed by atoms with Crippen LogP contribution in [0.1, 0.15) is 46.0 Å². The van der Waals surface area contributed by atoms with Crippen LogP contribution in [0.25, 0.3) is 0 Å². The van der Waals surface area contributed by atoms with Crippen molar-refractivity contribution in [1.29, 1.82) is 0 Å². The summed E-state index contributed by atoms with van der Waals surface area (Å²) in [7, 11) is 0. The first-order chi connectivity index (χ1) is 10.1. The van der Waals surface area contributed by atoms with Gasteiger partial charge >= 0.3 is 5.97 Å². The zero-order chi connectivity index (χ0) is 15.1. The van der Waals surface area contributed by atoms with Gasteiger partial charge in [0, 0.05) is 25.7 Å². The Hall–Kier alpha value is -0.650. The highest BCUT2D eigenvalue weighted by molar-refractivity contribution is 5.80. The van der Waals surface area contributed by atoms with Crippen LogP contribution in [0.3, 0.4) is 0 Å². The van der Waals surface area contributed by atoms with Crippen molar-refractivity contribution in [2.45, 2.75) is 57.5 Å². The molecule has 1 atom stereocenters. The second-order valence-electron chi connectivity index (χ2n) is 6.38. The summed E-state index contributed by atoms with van der Waals surface area (Å²) in [5.41, 5.74) is -0.528. The van der Waals surface area contributed by atoms with E-state index in [4.69, 9.17) is 9.47 Å². The molecule has 122 valence electrons. The zero-order valence-corrected chi connectivity index (χ0v) is 13.5. The van der Waals surface area contributed by atoms with Crippen LogP contribution in [0.15, 0.2) is 0 Å². The van der Waals surface area contributed by atoms with Crippen molar-refractivity contribution in [3.05, 3.63) is 0 Å². The molecule has 1 heterocycles. The molecule has 1 saturated heterocycles. The third-order valence-corrected chi connectivity index (χ3v) is 4.29. The summed E-state index contributed by atoms with van der Waals surface area (Å²) in [4.78, 5) is 14.7. The van der Waals surface area contributed by atoms with E-state index >= 15 is 0 Å². The SMILES string of the molecule is CCOC(=O)C(C)(CCCN1CCCOCC1)NC1CC1. The molecule has 2 fully saturated rings. The Balaban J connectivity index is 1.78. The van der Waals surface area contributed by atoms with Crippen LogP contribution >= 0.6 is 0 Å². The second kappa shape index (κ2) is 8.11. The minimum atomic E-state index is -0.528. The number of nitrogens with one attached hydrogen (secondary N) is 1. The molecular formula is C16H30N2O3. The Morgan fingerprint density at radius 1 is 1.38 bits per heavy atom. The van der Waals surface area contributed by atoms with Crippen LogP contribution in [0.5, 0.6) is 0 Å². The van der Waals surface area contributed by atoms with Crippen LogP contribution in [-0.4, -0.2) is 61.9 Å². The van der Waals surface area contributed by atoms with E-state index in [0.717, 1.165) is 52.1 Å². The summed E-state index contributed by atoms with van der Waals surface area (Å²) >= 11 is 0. The number of esters is 1. The smallest absolute Gasteiger partial charge is 0.326 e. The number of nitrogens with zero attached hydrogens (tertiary/aromatic N) is 1. The van der Waals surface area contributed by atoms with Crippen molar-refractivity contribution in [3.63, 3.8) is 0 Å². The highest BCUT2D eigenvalue weighted by Crippen LogP contribution is 2.26. The molecule has 0 amide bonds. The molecule has 1 saturated carbocycles. The predicted molar refractivity (Wildman–Crippen MR) is 82.3 cm³/mol. The van der Waals surface area contributed by atoms with Gasteiger partial charge in [-0.15, -0.1) is 0 Å². The molecule has 0 radical (unpaired) electrons. The fraction of sp³-hybridized carbons (Fsp3) is 0.938. The van der Waals surface area contributed by atoms with Crippen LogP contribution < -0.4 is 5.32 Å². The van der Waals surface area contributed by atoms with Crippen LogP contribution in [0, 0.1) is 0 Å². The zero-order valence-electron chi connectivity index (χ0n) is 13.5. The first kappa shape index (κ1) is 16.7. The highest BCUT2D eigenvalue weighted by Gasteiger charge is 2.39. The van der Waals surface area contributed by atoms with Gasteiger partial charge in [-0.2, -0.15) is 0 Å². The van der Waals surface area contributed by atoms with Gasteiger partial charge in [0.1, 0.15) is 5.54 Å². The molecule has 2 aliphatic rings. The third-order valence-electron chi connectivity index (χ3n) is 4.29. The van der Waals surface area contributed by atoms with Crippen molar-refractivity contribution in [2.24, 2.45) is 0 Å². The Morgan fingerprint density at radius 2 is 2.19 bits per heavy atom. The summed E-state index contributed by atoms with van der Waals surface area (Å²) in [6.45, 7) is 9.16. The molecule has 0 spiro atoms. The average molecular weight is 298 g/mol. The molecule has 21 heavy (non-hydrogen) atoms. The highest BCUT2D eigenvalue weighted by atomic mass is 16.5. The molecule has 1 aliphatic heterocycles. The molecule has 0 bridgehead atoms. The lowest BCUT2D eigenvalue weighted by molar-refractivity contribution is -0.151. The van der Waals surface area contributed by atoms with E-state index in [1.807, 2.05) is 13.8 Å². The maximum Gasteiger partial charge on any atom is 0.326 e. The van der Waals surface area contributed by atoms with Gasteiger partial charge < -0.3 is 14.4 Å². The minimum absolute atomic E-state index is 0.101. The first-order valence-corrected chi connectivity index (χ1v) is 8.39. The van der Waals surface area contributed by atoms with E-state index < -0.39 is 5.54 Å². The summed E-state index contributed by atoms with van der Waals surface area (Å²) in [6, 6.07) is 0.506.